The quantitative estimate of drug-likeness (QED) is 0.821. The number of halogens is 2. The number of hydrogen-bond donors (Lipinski definition) is 1. The fourth-order valence-electron chi connectivity index (χ4n) is 1.66. The highest BCUT2D eigenvalue weighted by Gasteiger charge is 2.07. The van der Waals surface area contributed by atoms with E-state index in [1.807, 2.05) is 49.4 Å². The van der Waals surface area contributed by atoms with E-state index in [1.54, 1.807) is 0 Å². The van der Waals surface area contributed by atoms with Crippen LogP contribution in [0.1, 0.15) is 5.56 Å². The molecule has 0 aromatic heterocycles. The average Bonchev–Trinajstić information content (AvgIpc) is 2.41. The van der Waals surface area contributed by atoms with E-state index in [9.17, 15) is 4.79 Å². The zero-order valence-electron chi connectivity index (χ0n) is 10.8. The van der Waals surface area contributed by atoms with Gasteiger partial charge in [-0.3, -0.25) is 4.79 Å². The van der Waals surface area contributed by atoms with Crippen molar-refractivity contribution >= 4 is 43.5 Å². The molecule has 0 aliphatic heterocycles. The van der Waals surface area contributed by atoms with Crippen LogP contribution in [-0.4, -0.2) is 12.5 Å². The summed E-state index contributed by atoms with van der Waals surface area (Å²) in [6, 6.07) is 13.1. The fourth-order valence-corrected chi connectivity index (χ4v) is 2.53. The summed E-state index contributed by atoms with van der Waals surface area (Å²) in [5.74, 6) is 0.460. The molecule has 1 amide bonds. The Labute approximate surface area is 134 Å². The van der Waals surface area contributed by atoms with E-state index in [0.717, 1.165) is 20.2 Å². The molecule has 1 N–H and O–H groups in total. The van der Waals surface area contributed by atoms with Crippen LogP contribution in [0.4, 0.5) is 5.69 Å². The largest absolute Gasteiger partial charge is 0.483 e. The van der Waals surface area contributed by atoms with Crippen LogP contribution in [0, 0.1) is 6.92 Å². The van der Waals surface area contributed by atoms with Gasteiger partial charge in [-0.1, -0.05) is 28.1 Å². The lowest BCUT2D eigenvalue weighted by molar-refractivity contribution is -0.118. The monoisotopic (exact) mass is 397 g/mol. The highest BCUT2D eigenvalue weighted by molar-refractivity contribution is 9.10. The number of amides is 1. The molecule has 0 spiro atoms. The Morgan fingerprint density at radius 1 is 1.20 bits per heavy atom. The Balaban J connectivity index is 1.94. The van der Waals surface area contributed by atoms with Crippen molar-refractivity contribution in [3.63, 3.8) is 0 Å². The molecule has 0 aliphatic rings. The number of anilines is 1. The first kappa shape index (κ1) is 15.1. The molecule has 3 nitrogen and oxygen atoms in total. The van der Waals surface area contributed by atoms with E-state index < -0.39 is 0 Å². The van der Waals surface area contributed by atoms with Gasteiger partial charge >= 0.3 is 0 Å². The van der Waals surface area contributed by atoms with Crippen molar-refractivity contribution in [3.05, 3.63) is 57.0 Å². The summed E-state index contributed by atoms with van der Waals surface area (Å²) in [6.45, 7) is 1.91. The Kier molecular flexibility index (Phi) is 5.20. The number of para-hydroxylation sites is 1. The van der Waals surface area contributed by atoms with Crippen LogP contribution < -0.4 is 10.1 Å². The summed E-state index contributed by atoms with van der Waals surface area (Å²) in [4.78, 5) is 11.9. The van der Waals surface area contributed by atoms with E-state index in [0.29, 0.717) is 5.75 Å². The summed E-state index contributed by atoms with van der Waals surface area (Å²) in [7, 11) is 0. The summed E-state index contributed by atoms with van der Waals surface area (Å²) >= 11 is 6.76. The second-order valence-corrected chi connectivity index (χ2v) is 6.00. The molecule has 0 fully saturated rings. The maximum absolute atomic E-state index is 11.9. The summed E-state index contributed by atoms with van der Waals surface area (Å²) in [5, 5.41) is 2.83. The van der Waals surface area contributed by atoms with Crippen molar-refractivity contribution < 1.29 is 9.53 Å². The molecule has 2 aromatic rings. The van der Waals surface area contributed by atoms with Crippen molar-refractivity contribution in [1.29, 1.82) is 0 Å². The predicted molar refractivity (Wildman–Crippen MR) is 87.1 cm³/mol. The minimum Gasteiger partial charge on any atom is -0.483 e. The lowest BCUT2D eigenvalue weighted by atomic mass is 10.2. The summed E-state index contributed by atoms with van der Waals surface area (Å²) in [6.07, 6.45) is 0. The molecule has 0 unspecified atom stereocenters. The standard InChI is InChI=1S/C15H13Br2NO2/c1-10-8-11(16)6-7-13(10)18-15(19)9-20-14-5-3-2-4-12(14)17/h2-8H,9H2,1H3,(H,18,19). The van der Waals surface area contributed by atoms with Crippen LogP contribution in [0.3, 0.4) is 0 Å². The van der Waals surface area contributed by atoms with E-state index in [1.165, 1.54) is 0 Å². The molecule has 2 aromatic carbocycles. The first-order chi connectivity index (χ1) is 9.56. The van der Waals surface area contributed by atoms with Gasteiger partial charge in [0.05, 0.1) is 4.47 Å². The lowest BCUT2D eigenvalue weighted by Crippen LogP contribution is -2.20. The van der Waals surface area contributed by atoms with Crippen molar-refractivity contribution in [1.82, 2.24) is 0 Å². The van der Waals surface area contributed by atoms with Gasteiger partial charge in [0.15, 0.2) is 6.61 Å². The highest BCUT2D eigenvalue weighted by Crippen LogP contribution is 2.24. The van der Waals surface area contributed by atoms with Gasteiger partial charge in [-0.05, 0) is 58.7 Å². The van der Waals surface area contributed by atoms with Crippen LogP contribution in [0.25, 0.3) is 0 Å². The minimum atomic E-state index is -0.189. The molecular weight excluding hydrogens is 386 g/mol. The maximum atomic E-state index is 11.9. The van der Waals surface area contributed by atoms with E-state index in [2.05, 4.69) is 37.2 Å². The van der Waals surface area contributed by atoms with Gasteiger partial charge in [0, 0.05) is 10.2 Å². The summed E-state index contributed by atoms with van der Waals surface area (Å²) in [5.41, 5.74) is 1.78. The number of nitrogens with one attached hydrogen (secondary N) is 1. The van der Waals surface area contributed by atoms with E-state index in [4.69, 9.17) is 4.74 Å². The molecule has 2 rings (SSSR count). The zero-order chi connectivity index (χ0) is 14.5. The number of hydrogen-bond acceptors (Lipinski definition) is 2. The first-order valence-electron chi connectivity index (χ1n) is 5.99. The SMILES string of the molecule is Cc1cc(Br)ccc1NC(=O)COc1ccccc1Br. The molecule has 0 saturated heterocycles. The second kappa shape index (κ2) is 6.90. The van der Waals surface area contributed by atoms with Crippen LogP contribution >= 0.6 is 31.9 Å². The van der Waals surface area contributed by atoms with Gasteiger partial charge in [-0.15, -0.1) is 0 Å². The van der Waals surface area contributed by atoms with Gasteiger partial charge < -0.3 is 10.1 Å². The predicted octanol–water partition coefficient (Wildman–Crippen LogP) is 4.54. The normalized spacial score (nSPS) is 10.2. The summed E-state index contributed by atoms with van der Waals surface area (Å²) < 4.78 is 7.28. The number of benzene rings is 2. The smallest absolute Gasteiger partial charge is 0.262 e. The maximum Gasteiger partial charge on any atom is 0.262 e. The van der Waals surface area contributed by atoms with E-state index >= 15 is 0 Å². The van der Waals surface area contributed by atoms with Gasteiger partial charge in [0.1, 0.15) is 5.75 Å². The van der Waals surface area contributed by atoms with Gasteiger partial charge in [0.2, 0.25) is 0 Å². The van der Waals surface area contributed by atoms with Crippen LogP contribution in [0.5, 0.6) is 5.75 Å². The molecule has 0 saturated carbocycles. The number of aryl methyl sites for hydroxylation is 1. The Hall–Kier alpha value is -1.33. The zero-order valence-corrected chi connectivity index (χ0v) is 14.0. The lowest BCUT2D eigenvalue weighted by Gasteiger charge is -2.10. The van der Waals surface area contributed by atoms with Crippen LogP contribution in [0.15, 0.2) is 51.4 Å². The van der Waals surface area contributed by atoms with Crippen molar-refractivity contribution in [2.45, 2.75) is 6.92 Å². The molecule has 104 valence electrons. The number of carbonyl (C=O) groups is 1. The molecule has 5 heteroatoms. The number of rotatable bonds is 4. The average molecular weight is 399 g/mol. The number of ether oxygens (including phenoxy) is 1. The second-order valence-electron chi connectivity index (χ2n) is 4.23. The van der Waals surface area contributed by atoms with Crippen molar-refractivity contribution in [3.8, 4) is 5.75 Å². The Bertz CT molecular complexity index is 629. The fraction of sp³-hybridized carbons (Fsp3) is 0.133. The van der Waals surface area contributed by atoms with Crippen molar-refractivity contribution in [2.75, 3.05) is 11.9 Å². The molecule has 0 bridgehead atoms. The van der Waals surface area contributed by atoms with Crippen molar-refractivity contribution in [2.24, 2.45) is 0 Å². The third-order valence-corrected chi connectivity index (χ3v) is 3.81. The molecule has 20 heavy (non-hydrogen) atoms. The molecular formula is C15H13Br2NO2. The Morgan fingerprint density at radius 3 is 2.65 bits per heavy atom. The topological polar surface area (TPSA) is 38.3 Å². The molecule has 0 atom stereocenters. The molecule has 0 heterocycles. The molecule has 0 radical (unpaired) electrons. The van der Waals surface area contributed by atoms with E-state index in [-0.39, 0.29) is 12.5 Å². The molecule has 0 aliphatic carbocycles. The van der Waals surface area contributed by atoms with Crippen LogP contribution in [-0.2, 0) is 4.79 Å². The van der Waals surface area contributed by atoms with Gasteiger partial charge in [-0.2, -0.15) is 0 Å². The first-order valence-corrected chi connectivity index (χ1v) is 7.58. The van der Waals surface area contributed by atoms with Gasteiger partial charge in [0.25, 0.3) is 5.91 Å². The third kappa shape index (κ3) is 4.08. The highest BCUT2D eigenvalue weighted by atomic mass is 79.9. The third-order valence-electron chi connectivity index (χ3n) is 2.66. The number of carbonyl (C=O) groups excluding carboxylic acids is 1. The van der Waals surface area contributed by atoms with Crippen LogP contribution in [0.2, 0.25) is 0 Å². The Morgan fingerprint density at radius 2 is 1.95 bits per heavy atom. The van der Waals surface area contributed by atoms with Gasteiger partial charge in [-0.25, -0.2) is 0 Å². The minimum absolute atomic E-state index is 0.0296.